The summed E-state index contributed by atoms with van der Waals surface area (Å²) in [4.78, 5) is 32.0. The van der Waals surface area contributed by atoms with E-state index in [1.54, 1.807) is 11.8 Å². The van der Waals surface area contributed by atoms with Crippen LogP contribution in [-0.2, 0) is 11.3 Å². The molecule has 0 aromatic heterocycles. The molecule has 0 aliphatic carbocycles. The van der Waals surface area contributed by atoms with Crippen molar-refractivity contribution in [3.63, 3.8) is 0 Å². The number of carbonyl (C=O) groups is 2. The van der Waals surface area contributed by atoms with Crippen LogP contribution in [0.4, 0.5) is 15.3 Å². The summed E-state index contributed by atoms with van der Waals surface area (Å²) in [5, 5.41) is 6.19. The van der Waals surface area contributed by atoms with Crippen LogP contribution in [0.25, 0.3) is 0 Å². The fourth-order valence-corrected chi connectivity index (χ4v) is 3.72. The average molecular weight is 417 g/mol. The molecule has 3 amide bonds. The van der Waals surface area contributed by atoms with Crippen LogP contribution in [0.1, 0.15) is 38.2 Å². The van der Waals surface area contributed by atoms with Gasteiger partial charge in [-0.1, -0.05) is 12.1 Å². The molecule has 4 N–H and O–H groups in total. The highest BCUT2D eigenvalue weighted by Gasteiger charge is 2.23. The van der Waals surface area contributed by atoms with Gasteiger partial charge in [-0.25, -0.2) is 14.6 Å². The van der Waals surface area contributed by atoms with Crippen LogP contribution in [0.2, 0.25) is 0 Å². The zero-order valence-electron chi connectivity index (χ0n) is 17.6. The van der Waals surface area contributed by atoms with Gasteiger partial charge in [0, 0.05) is 37.9 Å². The SMILES string of the molecule is CCOC(=O)N1CCC(NC(N)=NCc2cccc(NC(=O)N3CCCC3)c2)CC1. The summed E-state index contributed by atoms with van der Waals surface area (Å²) in [6.07, 6.45) is 3.47. The summed E-state index contributed by atoms with van der Waals surface area (Å²) in [5.41, 5.74) is 7.78. The number of hydrogen-bond acceptors (Lipinski definition) is 4. The number of aliphatic imine (C=N–C) groups is 1. The van der Waals surface area contributed by atoms with Crippen LogP contribution >= 0.6 is 0 Å². The van der Waals surface area contributed by atoms with Gasteiger partial charge in [-0.15, -0.1) is 0 Å². The molecule has 0 unspecified atom stereocenters. The maximum atomic E-state index is 12.2. The first-order valence-electron chi connectivity index (χ1n) is 10.7. The summed E-state index contributed by atoms with van der Waals surface area (Å²) in [7, 11) is 0. The lowest BCUT2D eigenvalue weighted by Gasteiger charge is -2.31. The molecule has 0 spiro atoms. The summed E-state index contributed by atoms with van der Waals surface area (Å²) in [6, 6.07) is 7.79. The second-order valence-corrected chi connectivity index (χ2v) is 7.63. The largest absolute Gasteiger partial charge is 0.450 e. The minimum Gasteiger partial charge on any atom is -0.450 e. The Morgan fingerprint density at radius 1 is 1.17 bits per heavy atom. The van der Waals surface area contributed by atoms with E-state index in [0.717, 1.165) is 50.0 Å². The Morgan fingerprint density at radius 3 is 2.60 bits per heavy atom. The standard InChI is InChI=1S/C21H32N6O3/c1-2-30-21(29)27-12-8-17(9-13-27)24-19(22)23-15-16-6-5-7-18(14-16)25-20(28)26-10-3-4-11-26/h5-7,14,17H,2-4,8-13,15H2,1H3,(H,25,28)(H3,22,23,24). The highest BCUT2D eigenvalue weighted by molar-refractivity contribution is 5.89. The molecule has 164 valence electrons. The van der Waals surface area contributed by atoms with Gasteiger partial charge in [0.25, 0.3) is 0 Å². The van der Waals surface area contributed by atoms with Gasteiger partial charge in [0.05, 0.1) is 13.2 Å². The highest BCUT2D eigenvalue weighted by atomic mass is 16.6. The summed E-state index contributed by atoms with van der Waals surface area (Å²) < 4.78 is 5.04. The number of nitrogens with two attached hydrogens (primary N) is 1. The van der Waals surface area contributed by atoms with Gasteiger partial charge in [0.2, 0.25) is 0 Å². The molecule has 3 rings (SSSR count). The van der Waals surface area contributed by atoms with Crippen LogP contribution in [0.5, 0.6) is 0 Å². The molecule has 2 aliphatic heterocycles. The van der Waals surface area contributed by atoms with Gasteiger partial charge in [0.1, 0.15) is 0 Å². The smallest absolute Gasteiger partial charge is 0.409 e. The molecular formula is C21H32N6O3. The van der Waals surface area contributed by atoms with Crippen LogP contribution in [0.15, 0.2) is 29.3 Å². The molecule has 9 nitrogen and oxygen atoms in total. The lowest BCUT2D eigenvalue weighted by Crippen LogP contribution is -2.48. The van der Waals surface area contributed by atoms with Crippen LogP contribution in [0.3, 0.4) is 0 Å². The first-order valence-corrected chi connectivity index (χ1v) is 10.7. The van der Waals surface area contributed by atoms with Gasteiger partial charge in [0.15, 0.2) is 5.96 Å². The van der Waals surface area contributed by atoms with E-state index in [2.05, 4.69) is 15.6 Å². The van der Waals surface area contributed by atoms with E-state index in [4.69, 9.17) is 10.5 Å². The maximum Gasteiger partial charge on any atom is 0.409 e. The number of anilines is 1. The van der Waals surface area contributed by atoms with E-state index < -0.39 is 0 Å². The van der Waals surface area contributed by atoms with Crippen molar-refractivity contribution in [2.45, 2.75) is 45.2 Å². The minimum absolute atomic E-state index is 0.0523. The van der Waals surface area contributed by atoms with E-state index in [1.807, 2.05) is 29.2 Å². The van der Waals surface area contributed by atoms with Crippen LogP contribution in [-0.4, -0.2) is 66.7 Å². The van der Waals surface area contributed by atoms with Crippen molar-refractivity contribution >= 4 is 23.8 Å². The molecule has 2 fully saturated rings. The van der Waals surface area contributed by atoms with Gasteiger partial charge in [-0.05, 0) is 50.3 Å². The molecule has 30 heavy (non-hydrogen) atoms. The second-order valence-electron chi connectivity index (χ2n) is 7.63. The number of nitrogens with zero attached hydrogens (tertiary/aromatic N) is 3. The molecule has 0 radical (unpaired) electrons. The number of hydrogen-bond donors (Lipinski definition) is 3. The Hall–Kier alpha value is -2.97. The van der Waals surface area contributed by atoms with Crippen molar-refractivity contribution in [3.8, 4) is 0 Å². The number of guanidine groups is 1. The van der Waals surface area contributed by atoms with Gasteiger partial charge in [-0.2, -0.15) is 0 Å². The summed E-state index contributed by atoms with van der Waals surface area (Å²) in [5.74, 6) is 0.385. The van der Waals surface area contributed by atoms with Gasteiger partial charge in [-0.3, -0.25) is 0 Å². The van der Waals surface area contributed by atoms with Crippen molar-refractivity contribution in [2.75, 3.05) is 38.1 Å². The fourth-order valence-electron chi connectivity index (χ4n) is 3.72. The molecular weight excluding hydrogens is 384 g/mol. The van der Waals surface area contributed by atoms with Crippen LogP contribution < -0.4 is 16.4 Å². The third-order valence-corrected chi connectivity index (χ3v) is 5.38. The Bertz CT molecular complexity index is 755. The topological polar surface area (TPSA) is 112 Å². The number of nitrogens with one attached hydrogen (secondary N) is 2. The Morgan fingerprint density at radius 2 is 1.90 bits per heavy atom. The molecule has 2 saturated heterocycles. The fraction of sp³-hybridized carbons (Fsp3) is 0.571. The molecule has 2 aliphatic rings. The third kappa shape index (κ3) is 6.27. The number of ether oxygens (including phenoxy) is 1. The quantitative estimate of drug-likeness (QED) is 0.504. The number of piperidine rings is 1. The molecule has 0 bridgehead atoms. The Labute approximate surface area is 177 Å². The number of urea groups is 1. The van der Waals surface area contributed by atoms with Crippen molar-refractivity contribution in [3.05, 3.63) is 29.8 Å². The molecule has 1 aromatic rings. The molecule has 0 atom stereocenters. The predicted molar refractivity (Wildman–Crippen MR) is 116 cm³/mol. The average Bonchev–Trinajstić information content (AvgIpc) is 3.28. The van der Waals surface area contributed by atoms with E-state index >= 15 is 0 Å². The van der Waals surface area contributed by atoms with Crippen LogP contribution in [0, 0.1) is 0 Å². The van der Waals surface area contributed by atoms with E-state index in [0.29, 0.717) is 32.2 Å². The lowest BCUT2D eigenvalue weighted by molar-refractivity contribution is 0.0963. The van der Waals surface area contributed by atoms with Gasteiger partial charge < -0.3 is 30.9 Å². The van der Waals surface area contributed by atoms with Crippen molar-refractivity contribution in [2.24, 2.45) is 10.7 Å². The first kappa shape index (κ1) is 21.7. The van der Waals surface area contributed by atoms with Crippen molar-refractivity contribution in [1.82, 2.24) is 15.1 Å². The minimum atomic E-state index is -0.255. The summed E-state index contributed by atoms with van der Waals surface area (Å²) in [6.45, 7) is 5.53. The van der Waals surface area contributed by atoms with E-state index in [-0.39, 0.29) is 18.2 Å². The second kappa shape index (κ2) is 10.7. The van der Waals surface area contributed by atoms with E-state index in [1.165, 1.54) is 0 Å². The Balaban J connectivity index is 1.45. The number of benzene rings is 1. The molecule has 1 aromatic carbocycles. The highest BCUT2D eigenvalue weighted by Crippen LogP contribution is 2.15. The zero-order chi connectivity index (χ0) is 21.3. The normalized spacial score (nSPS) is 17.7. The maximum absolute atomic E-state index is 12.2. The number of amides is 3. The number of carbonyl (C=O) groups excluding carboxylic acids is 2. The molecule has 0 saturated carbocycles. The number of likely N-dealkylation sites (tertiary alicyclic amines) is 2. The third-order valence-electron chi connectivity index (χ3n) is 5.38. The predicted octanol–water partition coefficient (Wildman–Crippen LogP) is 2.34. The van der Waals surface area contributed by atoms with Crippen molar-refractivity contribution < 1.29 is 14.3 Å². The summed E-state index contributed by atoms with van der Waals surface area (Å²) >= 11 is 0. The Kier molecular flexibility index (Phi) is 7.75. The number of rotatable bonds is 5. The molecule has 9 heteroatoms. The molecule has 2 heterocycles. The van der Waals surface area contributed by atoms with E-state index in [9.17, 15) is 9.59 Å². The zero-order valence-corrected chi connectivity index (χ0v) is 17.6. The monoisotopic (exact) mass is 416 g/mol. The first-order chi connectivity index (χ1) is 14.5. The van der Waals surface area contributed by atoms with Gasteiger partial charge >= 0.3 is 12.1 Å². The van der Waals surface area contributed by atoms with Crippen molar-refractivity contribution in [1.29, 1.82) is 0 Å². The lowest BCUT2D eigenvalue weighted by atomic mass is 10.1.